The molecule has 1 aromatic heterocycles. The number of anilines is 1. The van der Waals surface area contributed by atoms with Crippen molar-refractivity contribution in [2.45, 2.75) is 25.9 Å². The number of aryl methyl sites for hydroxylation is 1. The van der Waals surface area contributed by atoms with Gasteiger partial charge in [-0.2, -0.15) is 0 Å². The lowest BCUT2D eigenvalue weighted by Crippen LogP contribution is -2.37. The lowest BCUT2D eigenvalue weighted by Gasteiger charge is -2.31. The van der Waals surface area contributed by atoms with Gasteiger partial charge in [-0.05, 0) is 19.8 Å². The van der Waals surface area contributed by atoms with Gasteiger partial charge in [0.05, 0.1) is 18.4 Å². The standard InChI is InChI=1S/C11H17ClN2OS/c1-9-8-16-11(13-9)14-5-2-10(3-6-14)15-7-4-12/h8,10H,2-7H2,1H3. The molecule has 90 valence electrons. The van der Waals surface area contributed by atoms with Gasteiger partial charge in [0, 0.05) is 24.3 Å². The zero-order valence-electron chi connectivity index (χ0n) is 9.49. The topological polar surface area (TPSA) is 25.4 Å². The average molecular weight is 261 g/mol. The van der Waals surface area contributed by atoms with Gasteiger partial charge in [-0.25, -0.2) is 4.98 Å². The van der Waals surface area contributed by atoms with Crippen molar-refractivity contribution in [2.24, 2.45) is 0 Å². The summed E-state index contributed by atoms with van der Waals surface area (Å²) in [6, 6.07) is 0. The van der Waals surface area contributed by atoms with Gasteiger partial charge in [-0.15, -0.1) is 22.9 Å². The number of hydrogen-bond donors (Lipinski definition) is 0. The van der Waals surface area contributed by atoms with Crippen LogP contribution in [0.1, 0.15) is 18.5 Å². The van der Waals surface area contributed by atoms with E-state index >= 15 is 0 Å². The third-order valence-electron chi connectivity index (χ3n) is 2.75. The number of halogens is 1. The highest BCUT2D eigenvalue weighted by Gasteiger charge is 2.21. The third kappa shape index (κ3) is 3.09. The molecule has 0 unspecified atom stereocenters. The van der Waals surface area contributed by atoms with Crippen LogP contribution in [-0.4, -0.2) is 36.7 Å². The summed E-state index contributed by atoms with van der Waals surface area (Å²) in [6.45, 7) is 4.79. The number of piperidine rings is 1. The highest BCUT2D eigenvalue weighted by molar-refractivity contribution is 7.13. The van der Waals surface area contributed by atoms with Gasteiger partial charge >= 0.3 is 0 Å². The van der Waals surface area contributed by atoms with Gasteiger partial charge in [0.15, 0.2) is 5.13 Å². The van der Waals surface area contributed by atoms with Gasteiger partial charge in [0.2, 0.25) is 0 Å². The highest BCUT2D eigenvalue weighted by Crippen LogP contribution is 2.24. The minimum absolute atomic E-state index is 0.385. The summed E-state index contributed by atoms with van der Waals surface area (Å²) in [5, 5.41) is 3.25. The lowest BCUT2D eigenvalue weighted by atomic mass is 10.1. The summed E-state index contributed by atoms with van der Waals surface area (Å²) in [6.07, 6.45) is 2.54. The van der Waals surface area contributed by atoms with Crippen LogP contribution < -0.4 is 4.90 Å². The molecular formula is C11H17ClN2OS. The molecule has 1 aliphatic rings. The van der Waals surface area contributed by atoms with Crippen molar-refractivity contribution in [2.75, 3.05) is 30.5 Å². The molecule has 0 atom stereocenters. The molecule has 2 rings (SSSR count). The van der Waals surface area contributed by atoms with E-state index in [2.05, 4.69) is 15.3 Å². The monoisotopic (exact) mass is 260 g/mol. The molecule has 0 aromatic carbocycles. The summed E-state index contributed by atoms with van der Waals surface area (Å²) in [7, 11) is 0. The molecular weight excluding hydrogens is 244 g/mol. The molecule has 0 aliphatic carbocycles. The quantitative estimate of drug-likeness (QED) is 0.779. The summed E-state index contributed by atoms with van der Waals surface area (Å²) in [5.74, 6) is 0.589. The van der Waals surface area contributed by atoms with Crippen molar-refractivity contribution in [3.05, 3.63) is 11.1 Å². The van der Waals surface area contributed by atoms with Gasteiger partial charge in [0.25, 0.3) is 0 Å². The fourth-order valence-electron chi connectivity index (χ4n) is 1.91. The van der Waals surface area contributed by atoms with Gasteiger partial charge in [0.1, 0.15) is 0 Å². The normalized spacial score (nSPS) is 18.0. The summed E-state index contributed by atoms with van der Waals surface area (Å²) in [5.41, 5.74) is 1.11. The van der Waals surface area contributed by atoms with Crippen molar-refractivity contribution in [3.8, 4) is 0 Å². The number of thiazole rings is 1. The molecule has 0 saturated carbocycles. The van der Waals surface area contributed by atoms with Crippen LogP contribution in [0.25, 0.3) is 0 Å². The van der Waals surface area contributed by atoms with E-state index in [-0.39, 0.29) is 0 Å². The molecule has 0 amide bonds. The zero-order valence-corrected chi connectivity index (χ0v) is 11.1. The van der Waals surface area contributed by atoms with Crippen molar-refractivity contribution in [1.82, 2.24) is 4.98 Å². The second-order valence-corrected chi connectivity index (χ2v) is 5.23. The van der Waals surface area contributed by atoms with Crippen molar-refractivity contribution in [1.29, 1.82) is 0 Å². The maximum absolute atomic E-state index is 5.65. The van der Waals surface area contributed by atoms with E-state index in [4.69, 9.17) is 16.3 Å². The number of aromatic nitrogens is 1. The third-order valence-corrected chi connectivity index (χ3v) is 3.92. The smallest absolute Gasteiger partial charge is 0.185 e. The molecule has 3 nitrogen and oxygen atoms in total. The molecule has 0 spiro atoms. The van der Waals surface area contributed by atoms with Crippen LogP contribution in [0.3, 0.4) is 0 Å². The Hall–Kier alpha value is -0.320. The Labute approximate surface area is 105 Å². The Bertz CT molecular complexity index is 324. The van der Waals surface area contributed by atoms with Gasteiger partial charge in [-0.1, -0.05) is 0 Å². The minimum atomic E-state index is 0.385. The first-order chi connectivity index (χ1) is 7.79. The molecule has 0 radical (unpaired) electrons. The van der Waals surface area contributed by atoms with Crippen LogP contribution in [0, 0.1) is 6.92 Å². The second kappa shape index (κ2) is 5.84. The molecule has 2 heterocycles. The zero-order chi connectivity index (χ0) is 11.4. The fraction of sp³-hybridized carbons (Fsp3) is 0.727. The van der Waals surface area contributed by atoms with Crippen LogP contribution in [0.15, 0.2) is 5.38 Å². The minimum Gasteiger partial charge on any atom is -0.377 e. The predicted molar refractivity (Wildman–Crippen MR) is 68.8 cm³/mol. The van der Waals surface area contributed by atoms with E-state index in [9.17, 15) is 0 Å². The van der Waals surface area contributed by atoms with Gasteiger partial charge < -0.3 is 9.64 Å². The molecule has 0 bridgehead atoms. The van der Waals surface area contributed by atoms with Crippen molar-refractivity contribution < 1.29 is 4.74 Å². The number of hydrogen-bond acceptors (Lipinski definition) is 4. The molecule has 0 N–H and O–H groups in total. The summed E-state index contributed by atoms with van der Waals surface area (Å²) >= 11 is 7.33. The molecule has 1 fully saturated rings. The predicted octanol–water partition coefficient (Wildman–Crippen LogP) is 2.68. The number of ether oxygens (including phenoxy) is 1. The number of nitrogens with zero attached hydrogens (tertiary/aromatic N) is 2. The SMILES string of the molecule is Cc1csc(N2CCC(OCCCl)CC2)n1. The first kappa shape index (κ1) is 12.1. The average Bonchev–Trinajstić information content (AvgIpc) is 2.74. The van der Waals surface area contributed by atoms with Gasteiger partial charge in [-0.3, -0.25) is 0 Å². The first-order valence-corrected chi connectivity index (χ1v) is 7.05. The summed E-state index contributed by atoms with van der Waals surface area (Å²) < 4.78 is 5.65. The van der Waals surface area contributed by atoms with Crippen LogP contribution in [0.2, 0.25) is 0 Å². The molecule has 5 heteroatoms. The Balaban J connectivity index is 1.81. The second-order valence-electron chi connectivity index (χ2n) is 4.02. The Morgan fingerprint density at radius 1 is 1.56 bits per heavy atom. The van der Waals surface area contributed by atoms with E-state index in [0.29, 0.717) is 18.6 Å². The van der Waals surface area contributed by atoms with Crippen LogP contribution >= 0.6 is 22.9 Å². The Kier molecular flexibility index (Phi) is 4.44. The molecule has 1 aromatic rings. The lowest BCUT2D eigenvalue weighted by molar-refractivity contribution is 0.0472. The van der Waals surface area contributed by atoms with E-state index in [1.54, 1.807) is 11.3 Å². The van der Waals surface area contributed by atoms with E-state index in [1.165, 1.54) is 0 Å². The maximum atomic E-state index is 5.65. The first-order valence-electron chi connectivity index (χ1n) is 5.64. The summed E-state index contributed by atoms with van der Waals surface area (Å²) in [4.78, 5) is 6.85. The molecule has 16 heavy (non-hydrogen) atoms. The number of alkyl halides is 1. The van der Waals surface area contributed by atoms with Crippen LogP contribution in [0.5, 0.6) is 0 Å². The van der Waals surface area contributed by atoms with Crippen molar-refractivity contribution in [3.63, 3.8) is 0 Å². The number of rotatable bonds is 4. The Morgan fingerprint density at radius 2 is 2.31 bits per heavy atom. The van der Waals surface area contributed by atoms with E-state index < -0.39 is 0 Å². The van der Waals surface area contributed by atoms with E-state index in [1.807, 2.05) is 6.92 Å². The Morgan fingerprint density at radius 3 is 2.88 bits per heavy atom. The largest absolute Gasteiger partial charge is 0.377 e. The van der Waals surface area contributed by atoms with Crippen LogP contribution in [-0.2, 0) is 4.74 Å². The van der Waals surface area contributed by atoms with E-state index in [0.717, 1.165) is 36.8 Å². The molecule has 1 aliphatic heterocycles. The highest BCUT2D eigenvalue weighted by atomic mass is 35.5. The maximum Gasteiger partial charge on any atom is 0.185 e. The van der Waals surface area contributed by atoms with Crippen molar-refractivity contribution >= 4 is 28.1 Å². The molecule has 1 saturated heterocycles. The fourth-order valence-corrected chi connectivity index (χ4v) is 2.86. The van der Waals surface area contributed by atoms with Crippen LogP contribution in [0.4, 0.5) is 5.13 Å².